The van der Waals surface area contributed by atoms with E-state index in [0.717, 1.165) is 11.3 Å². The number of rotatable bonds is 1. The molecule has 0 bridgehead atoms. The van der Waals surface area contributed by atoms with Crippen LogP contribution in [0.2, 0.25) is 0 Å². The molecule has 0 saturated carbocycles. The zero-order chi connectivity index (χ0) is 14.9. The highest BCUT2D eigenvalue weighted by Gasteiger charge is 2.19. The first-order valence-electron chi connectivity index (χ1n) is 6.37. The first-order chi connectivity index (χ1) is 9.32. The number of hydrogen-bond donors (Lipinski definition) is 2. The van der Waals surface area contributed by atoms with Crippen LogP contribution in [0, 0.1) is 11.3 Å². The van der Waals surface area contributed by atoms with Crippen molar-refractivity contribution in [2.24, 2.45) is 0 Å². The van der Waals surface area contributed by atoms with Gasteiger partial charge in [0, 0.05) is 22.4 Å². The van der Waals surface area contributed by atoms with E-state index in [0.29, 0.717) is 11.3 Å². The third-order valence-corrected chi connectivity index (χ3v) is 3.15. The number of aromatic nitrogens is 1. The molecule has 0 aliphatic rings. The second-order valence-corrected chi connectivity index (χ2v) is 5.79. The number of nitrogen functional groups attached to an aromatic ring is 1. The summed E-state index contributed by atoms with van der Waals surface area (Å²) < 4.78 is 0. The van der Waals surface area contributed by atoms with E-state index in [-0.39, 0.29) is 16.5 Å². The molecular formula is C16H17N3O. The number of nitrogens with one attached hydrogen (secondary N) is 1. The van der Waals surface area contributed by atoms with Crippen molar-refractivity contribution in [1.82, 2.24) is 4.98 Å². The Hall–Kier alpha value is -2.54. The largest absolute Gasteiger partial charge is 0.399 e. The molecule has 2 aromatic rings. The summed E-state index contributed by atoms with van der Waals surface area (Å²) in [6.45, 7) is 6.02. The lowest BCUT2D eigenvalue weighted by Crippen LogP contribution is -2.22. The van der Waals surface area contributed by atoms with Crippen LogP contribution < -0.4 is 11.3 Å². The summed E-state index contributed by atoms with van der Waals surface area (Å²) in [5.41, 5.74) is 8.11. The van der Waals surface area contributed by atoms with Crippen molar-refractivity contribution in [2.75, 3.05) is 5.73 Å². The summed E-state index contributed by atoms with van der Waals surface area (Å²) in [4.78, 5) is 14.9. The SMILES string of the molecule is CC(C)(C)c1cc(-c2cccc(N)c2)c(C#N)c(=O)[nH]1. The number of pyridine rings is 1. The number of nitrogens with zero attached hydrogens (tertiary/aromatic N) is 1. The molecule has 20 heavy (non-hydrogen) atoms. The number of nitrogens with two attached hydrogens (primary N) is 1. The molecule has 3 N–H and O–H groups in total. The average molecular weight is 267 g/mol. The van der Waals surface area contributed by atoms with Crippen molar-refractivity contribution >= 4 is 5.69 Å². The van der Waals surface area contributed by atoms with Gasteiger partial charge in [-0.15, -0.1) is 0 Å². The molecule has 1 aromatic carbocycles. The molecule has 0 unspecified atom stereocenters. The molecular weight excluding hydrogens is 250 g/mol. The first kappa shape index (κ1) is 13.9. The fraction of sp³-hybridized carbons (Fsp3) is 0.250. The van der Waals surface area contributed by atoms with Gasteiger partial charge in [0.1, 0.15) is 11.6 Å². The topological polar surface area (TPSA) is 82.7 Å². The zero-order valence-corrected chi connectivity index (χ0v) is 11.8. The highest BCUT2D eigenvalue weighted by molar-refractivity contribution is 5.73. The molecule has 0 saturated heterocycles. The lowest BCUT2D eigenvalue weighted by molar-refractivity contribution is 0.567. The van der Waals surface area contributed by atoms with Gasteiger partial charge in [0.25, 0.3) is 5.56 Å². The third-order valence-electron chi connectivity index (χ3n) is 3.15. The molecule has 0 atom stereocenters. The van der Waals surface area contributed by atoms with Crippen LogP contribution in [0.15, 0.2) is 35.1 Å². The monoisotopic (exact) mass is 267 g/mol. The molecule has 1 heterocycles. The van der Waals surface area contributed by atoms with Crippen molar-refractivity contribution in [3.8, 4) is 17.2 Å². The maximum absolute atomic E-state index is 12.1. The van der Waals surface area contributed by atoms with Crippen molar-refractivity contribution in [3.05, 3.63) is 51.9 Å². The van der Waals surface area contributed by atoms with Crippen LogP contribution in [0.3, 0.4) is 0 Å². The number of hydrogen-bond acceptors (Lipinski definition) is 3. The van der Waals surface area contributed by atoms with Crippen LogP contribution in [0.1, 0.15) is 32.0 Å². The van der Waals surface area contributed by atoms with Gasteiger partial charge in [-0.2, -0.15) is 5.26 Å². The van der Waals surface area contributed by atoms with Gasteiger partial charge in [0.2, 0.25) is 0 Å². The van der Waals surface area contributed by atoms with Crippen LogP contribution in [0.25, 0.3) is 11.1 Å². The van der Waals surface area contributed by atoms with Crippen LogP contribution in [-0.2, 0) is 5.41 Å². The normalized spacial score (nSPS) is 11.1. The van der Waals surface area contributed by atoms with Gasteiger partial charge in [0.15, 0.2) is 0 Å². The molecule has 102 valence electrons. The Kier molecular flexibility index (Phi) is 3.37. The Labute approximate surface area is 117 Å². The highest BCUT2D eigenvalue weighted by Crippen LogP contribution is 2.27. The van der Waals surface area contributed by atoms with Crippen molar-refractivity contribution in [1.29, 1.82) is 5.26 Å². The molecule has 4 nitrogen and oxygen atoms in total. The Morgan fingerprint density at radius 2 is 1.95 bits per heavy atom. The summed E-state index contributed by atoms with van der Waals surface area (Å²) in [6, 6.07) is 11.0. The zero-order valence-electron chi connectivity index (χ0n) is 11.8. The number of benzene rings is 1. The number of aromatic amines is 1. The van der Waals surface area contributed by atoms with Crippen LogP contribution in [0.4, 0.5) is 5.69 Å². The summed E-state index contributed by atoms with van der Waals surface area (Å²) in [7, 11) is 0. The predicted molar refractivity (Wildman–Crippen MR) is 80.3 cm³/mol. The maximum atomic E-state index is 12.1. The van der Waals surface area contributed by atoms with Gasteiger partial charge in [-0.3, -0.25) is 4.79 Å². The van der Waals surface area contributed by atoms with E-state index in [1.807, 2.05) is 45.0 Å². The van der Waals surface area contributed by atoms with Crippen LogP contribution in [-0.4, -0.2) is 4.98 Å². The maximum Gasteiger partial charge on any atom is 0.266 e. The molecule has 0 fully saturated rings. The van der Waals surface area contributed by atoms with E-state index in [1.54, 1.807) is 12.1 Å². The average Bonchev–Trinajstić information content (AvgIpc) is 2.36. The number of nitriles is 1. The predicted octanol–water partition coefficient (Wildman–Crippen LogP) is 2.79. The second kappa shape index (κ2) is 4.86. The number of anilines is 1. The Balaban J connectivity index is 2.78. The molecule has 0 amide bonds. The number of H-pyrrole nitrogens is 1. The van der Waals surface area contributed by atoms with E-state index in [9.17, 15) is 10.1 Å². The van der Waals surface area contributed by atoms with Crippen LogP contribution in [0.5, 0.6) is 0 Å². The fourth-order valence-corrected chi connectivity index (χ4v) is 2.01. The van der Waals surface area contributed by atoms with E-state index >= 15 is 0 Å². The smallest absolute Gasteiger partial charge is 0.266 e. The highest BCUT2D eigenvalue weighted by atomic mass is 16.1. The lowest BCUT2D eigenvalue weighted by Gasteiger charge is -2.20. The second-order valence-electron chi connectivity index (χ2n) is 5.79. The molecule has 2 rings (SSSR count). The van der Waals surface area contributed by atoms with Gasteiger partial charge >= 0.3 is 0 Å². The quantitative estimate of drug-likeness (QED) is 0.779. The minimum Gasteiger partial charge on any atom is -0.399 e. The minimum absolute atomic E-state index is 0.114. The Morgan fingerprint density at radius 1 is 1.25 bits per heavy atom. The lowest BCUT2D eigenvalue weighted by atomic mass is 9.89. The van der Waals surface area contributed by atoms with Crippen molar-refractivity contribution in [3.63, 3.8) is 0 Å². The van der Waals surface area contributed by atoms with E-state index in [1.165, 1.54) is 0 Å². The minimum atomic E-state index is -0.364. The summed E-state index contributed by atoms with van der Waals surface area (Å²) in [6.07, 6.45) is 0. The molecule has 1 aromatic heterocycles. The van der Waals surface area contributed by atoms with E-state index in [2.05, 4.69) is 4.98 Å². The molecule has 0 spiro atoms. The standard InChI is InChI=1S/C16H17N3O/c1-16(2,3)14-8-12(13(9-17)15(20)19-14)10-5-4-6-11(18)7-10/h4-8H,18H2,1-3H3,(H,19,20). The molecule has 0 aliphatic heterocycles. The van der Waals surface area contributed by atoms with Gasteiger partial charge in [0.05, 0.1) is 0 Å². The van der Waals surface area contributed by atoms with Gasteiger partial charge in [-0.25, -0.2) is 0 Å². The third kappa shape index (κ3) is 2.57. The molecule has 0 aliphatic carbocycles. The van der Waals surface area contributed by atoms with Crippen molar-refractivity contribution < 1.29 is 0 Å². The summed E-state index contributed by atoms with van der Waals surface area (Å²) in [5.74, 6) is 0. The molecule has 0 radical (unpaired) electrons. The van der Waals surface area contributed by atoms with E-state index < -0.39 is 0 Å². The first-order valence-corrected chi connectivity index (χ1v) is 6.37. The van der Waals surface area contributed by atoms with Gasteiger partial charge < -0.3 is 10.7 Å². The summed E-state index contributed by atoms with van der Waals surface area (Å²) in [5, 5.41) is 9.22. The van der Waals surface area contributed by atoms with E-state index in [4.69, 9.17) is 5.73 Å². The Bertz CT molecular complexity index is 746. The van der Waals surface area contributed by atoms with Gasteiger partial charge in [-0.05, 0) is 23.8 Å². The fourth-order valence-electron chi connectivity index (χ4n) is 2.01. The van der Waals surface area contributed by atoms with Crippen LogP contribution >= 0.6 is 0 Å². The van der Waals surface area contributed by atoms with Crippen molar-refractivity contribution in [2.45, 2.75) is 26.2 Å². The molecule has 4 heteroatoms. The van der Waals surface area contributed by atoms with Gasteiger partial charge in [-0.1, -0.05) is 32.9 Å². The Morgan fingerprint density at radius 3 is 2.50 bits per heavy atom. The summed E-state index contributed by atoms with van der Waals surface area (Å²) >= 11 is 0.